The number of amides is 2. The van der Waals surface area contributed by atoms with Crippen molar-refractivity contribution in [2.75, 3.05) is 5.73 Å². The van der Waals surface area contributed by atoms with Crippen LogP contribution in [0.1, 0.15) is 18.5 Å². The van der Waals surface area contributed by atoms with Crippen molar-refractivity contribution in [3.8, 4) is 0 Å². The number of carboxylic acids is 1. The number of carbonyl (C=O) groups is 3. The molecule has 1 saturated heterocycles. The highest BCUT2D eigenvalue weighted by molar-refractivity contribution is 7.13. The molecule has 2 amide bonds. The van der Waals surface area contributed by atoms with Crippen LogP contribution in [0.15, 0.2) is 35.9 Å². The predicted molar refractivity (Wildman–Crippen MR) is 92.2 cm³/mol. The van der Waals surface area contributed by atoms with Gasteiger partial charge in [-0.05, 0) is 18.4 Å². The van der Waals surface area contributed by atoms with Crippen LogP contribution in [0.2, 0.25) is 0 Å². The molecule has 1 aromatic rings. The number of β-lactam (4-membered cyclic amide) rings is 1. The fourth-order valence-electron chi connectivity index (χ4n) is 3.06. The molecule has 0 saturated carbocycles. The second-order valence-electron chi connectivity index (χ2n) is 5.70. The third kappa shape index (κ3) is 2.72. The molecule has 4 N–H and O–H groups in total. The number of aliphatic carboxylic acids is 1. The summed E-state index contributed by atoms with van der Waals surface area (Å²) in [6, 6.07) is -1.17. The molecule has 3 heterocycles. The average Bonchev–Trinajstić information content (AvgIpc) is 3.03. The number of nitrogen functional groups attached to an aromatic ring is 1. The Labute approximate surface area is 147 Å². The molecule has 9 heteroatoms. The normalized spacial score (nSPS) is 22.1. The number of aromatic nitrogens is 1. The third-order valence-corrected chi connectivity index (χ3v) is 4.99. The van der Waals surface area contributed by atoms with E-state index in [-0.39, 0.29) is 17.3 Å². The zero-order valence-corrected chi connectivity index (χ0v) is 14.0. The summed E-state index contributed by atoms with van der Waals surface area (Å²) in [4.78, 5) is 41.4. The Kier molecular flexibility index (Phi) is 4.17. The van der Waals surface area contributed by atoms with Crippen LogP contribution in [0.4, 0.5) is 5.13 Å². The van der Waals surface area contributed by atoms with Crippen molar-refractivity contribution in [2.45, 2.75) is 24.9 Å². The molecule has 0 bridgehead atoms. The summed E-state index contributed by atoms with van der Waals surface area (Å²) < 4.78 is 0. The van der Waals surface area contributed by atoms with Gasteiger partial charge in [0.15, 0.2) is 5.13 Å². The van der Waals surface area contributed by atoms with Crippen molar-refractivity contribution >= 4 is 39.8 Å². The third-order valence-electron chi connectivity index (χ3n) is 4.32. The van der Waals surface area contributed by atoms with Crippen molar-refractivity contribution in [3.63, 3.8) is 0 Å². The van der Waals surface area contributed by atoms with Gasteiger partial charge in [0.05, 0.1) is 17.3 Å². The summed E-state index contributed by atoms with van der Waals surface area (Å²) in [5, 5.41) is 13.9. The van der Waals surface area contributed by atoms with Crippen LogP contribution in [-0.2, 0) is 14.4 Å². The van der Waals surface area contributed by atoms with Crippen LogP contribution >= 0.6 is 11.3 Å². The number of nitrogens with one attached hydrogen (secondary N) is 1. The first kappa shape index (κ1) is 16.9. The number of carbonyl (C=O) groups excluding carboxylic acids is 2. The van der Waals surface area contributed by atoms with Gasteiger partial charge in [-0.25, -0.2) is 9.78 Å². The Balaban J connectivity index is 1.75. The van der Waals surface area contributed by atoms with Crippen LogP contribution in [-0.4, -0.2) is 44.9 Å². The van der Waals surface area contributed by atoms with Crippen molar-refractivity contribution in [2.24, 2.45) is 0 Å². The number of carboxylic acid groups (broad SMARTS) is 1. The first-order chi connectivity index (χ1) is 11.8. The number of hydrogen-bond acceptors (Lipinski definition) is 6. The topological polar surface area (TPSA) is 126 Å². The molecule has 0 unspecified atom stereocenters. The standard InChI is InChI=1S/C16H16N4O4S/c1-3-8-4-5-10-11(14(22)20(10)12(8)15(23)24)19-13(21)7(2)9-6-25-16(17)18-9/h3,6,10-11H,1-2,4-5H2,(H2,17,18)(H,19,21)(H,23,24)/t10-,11+/m1/s1. The number of thiazole rings is 1. The minimum absolute atomic E-state index is 0.0622. The van der Waals surface area contributed by atoms with E-state index in [4.69, 9.17) is 5.73 Å². The molecule has 0 aliphatic carbocycles. The molecule has 1 aromatic heterocycles. The maximum absolute atomic E-state index is 12.4. The summed E-state index contributed by atoms with van der Waals surface area (Å²) in [6.07, 6.45) is 2.48. The van der Waals surface area contributed by atoms with E-state index in [9.17, 15) is 19.5 Å². The quantitative estimate of drug-likeness (QED) is 0.526. The number of fused-ring (bicyclic) bond motifs is 1. The molecule has 2 atom stereocenters. The van der Waals surface area contributed by atoms with E-state index in [1.807, 2.05) is 0 Å². The molecular weight excluding hydrogens is 344 g/mol. The summed E-state index contributed by atoms with van der Waals surface area (Å²) in [6.45, 7) is 7.28. The highest BCUT2D eigenvalue weighted by Crippen LogP contribution is 2.37. The van der Waals surface area contributed by atoms with Gasteiger partial charge in [0.1, 0.15) is 11.7 Å². The van der Waals surface area contributed by atoms with Crippen molar-refractivity contribution < 1.29 is 19.5 Å². The van der Waals surface area contributed by atoms with Crippen molar-refractivity contribution in [1.29, 1.82) is 0 Å². The number of nitrogens with zero attached hydrogens (tertiary/aromatic N) is 2. The molecule has 130 valence electrons. The van der Waals surface area contributed by atoms with Gasteiger partial charge in [-0.3, -0.25) is 14.5 Å². The van der Waals surface area contributed by atoms with Gasteiger partial charge < -0.3 is 16.2 Å². The highest BCUT2D eigenvalue weighted by Gasteiger charge is 2.53. The molecule has 0 aromatic carbocycles. The first-order valence-electron chi connectivity index (χ1n) is 7.48. The fraction of sp³-hybridized carbons (Fsp3) is 0.250. The molecule has 0 radical (unpaired) electrons. The average molecular weight is 360 g/mol. The van der Waals surface area contributed by atoms with Crippen LogP contribution in [0.25, 0.3) is 5.57 Å². The Hall–Kier alpha value is -2.94. The molecule has 0 spiro atoms. The lowest BCUT2D eigenvalue weighted by molar-refractivity contribution is -0.155. The maximum atomic E-state index is 12.4. The monoisotopic (exact) mass is 360 g/mol. The highest BCUT2D eigenvalue weighted by atomic mass is 32.1. The van der Waals surface area contributed by atoms with Gasteiger partial charge in [0.2, 0.25) is 0 Å². The van der Waals surface area contributed by atoms with Crippen LogP contribution in [0, 0.1) is 0 Å². The summed E-state index contributed by atoms with van der Waals surface area (Å²) in [5.74, 6) is -2.17. The Bertz CT molecular complexity index is 841. The number of nitrogens with two attached hydrogens (primary N) is 1. The number of hydrogen-bond donors (Lipinski definition) is 3. The zero-order valence-electron chi connectivity index (χ0n) is 13.2. The minimum Gasteiger partial charge on any atom is -0.477 e. The number of anilines is 1. The van der Waals surface area contributed by atoms with Crippen LogP contribution in [0.3, 0.4) is 0 Å². The van der Waals surface area contributed by atoms with Gasteiger partial charge in [-0.1, -0.05) is 19.2 Å². The second-order valence-corrected chi connectivity index (χ2v) is 6.59. The zero-order chi connectivity index (χ0) is 18.3. The molecule has 2 aliphatic rings. The van der Waals surface area contributed by atoms with Crippen LogP contribution in [0.5, 0.6) is 0 Å². The largest absolute Gasteiger partial charge is 0.477 e. The summed E-state index contributed by atoms with van der Waals surface area (Å²) in [7, 11) is 0. The summed E-state index contributed by atoms with van der Waals surface area (Å²) >= 11 is 1.18. The minimum atomic E-state index is -1.18. The van der Waals surface area contributed by atoms with Crippen LogP contribution < -0.4 is 11.1 Å². The van der Waals surface area contributed by atoms with Gasteiger partial charge in [-0.15, -0.1) is 11.3 Å². The van der Waals surface area contributed by atoms with E-state index in [0.29, 0.717) is 29.2 Å². The second kappa shape index (κ2) is 6.17. The Morgan fingerprint density at radius 1 is 1.52 bits per heavy atom. The fourth-order valence-corrected chi connectivity index (χ4v) is 3.64. The van der Waals surface area contributed by atoms with E-state index in [2.05, 4.69) is 23.5 Å². The van der Waals surface area contributed by atoms with E-state index >= 15 is 0 Å². The van der Waals surface area contributed by atoms with Crippen molar-refractivity contribution in [3.05, 3.63) is 41.6 Å². The molecule has 25 heavy (non-hydrogen) atoms. The molecule has 2 aliphatic heterocycles. The summed E-state index contributed by atoms with van der Waals surface area (Å²) in [5.41, 5.74) is 6.46. The number of rotatable bonds is 5. The van der Waals surface area contributed by atoms with Gasteiger partial charge in [0, 0.05) is 5.38 Å². The Morgan fingerprint density at radius 3 is 2.80 bits per heavy atom. The Morgan fingerprint density at radius 2 is 2.24 bits per heavy atom. The maximum Gasteiger partial charge on any atom is 0.352 e. The van der Waals surface area contributed by atoms with Gasteiger partial charge in [0.25, 0.3) is 11.8 Å². The lowest BCUT2D eigenvalue weighted by atomic mass is 9.83. The molecule has 3 rings (SSSR count). The van der Waals surface area contributed by atoms with E-state index in [0.717, 1.165) is 0 Å². The van der Waals surface area contributed by atoms with Gasteiger partial charge in [-0.2, -0.15) is 0 Å². The van der Waals surface area contributed by atoms with E-state index in [1.54, 1.807) is 5.38 Å². The van der Waals surface area contributed by atoms with Gasteiger partial charge >= 0.3 is 5.97 Å². The lowest BCUT2D eigenvalue weighted by Gasteiger charge is -2.50. The lowest BCUT2D eigenvalue weighted by Crippen LogP contribution is -2.71. The SMILES string of the molecule is C=CC1=C(C(=O)O)N2C(=O)[C@@H](NC(=O)C(=C)c3csc(N)n3)[C@H]2CC1. The first-order valence-corrected chi connectivity index (χ1v) is 8.36. The molecular formula is C16H16N4O4S. The van der Waals surface area contributed by atoms with E-state index < -0.39 is 23.8 Å². The predicted octanol–water partition coefficient (Wildman–Crippen LogP) is 0.753. The van der Waals surface area contributed by atoms with Crippen molar-refractivity contribution in [1.82, 2.24) is 15.2 Å². The smallest absolute Gasteiger partial charge is 0.352 e. The van der Waals surface area contributed by atoms with E-state index in [1.165, 1.54) is 22.3 Å². The number of allylic oxidation sites excluding steroid dienone is 2. The molecule has 1 fully saturated rings. The molecule has 8 nitrogen and oxygen atoms in total.